The van der Waals surface area contributed by atoms with E-state index in [0.29, 0.717) is 4.57 Å². The van der Waals surface area contributed by atoms with Gasteiger partial charge in [-0.2, -0.15) is 13.6 Å². The monoisotopic (exact) mass is 543 g/mol. The molecule has 1 aliphatic rings. The first kappa shape index (κ1) is 24.0. The van der Waals surface area contributed by atoms with Crippen molar-refractivity contribution >= 4 is 40.9 Å². The van der Waals surface area contributed by atoms with Crippen LogP contribution in [0.2, 0.25) is 0 Å². The number of aliphatic hydroxyl groups excluding tert-OH is 1. The van der Waals surface area contributed by atoms with Gasteiger partial charge in [-0.3, -0.25) is 9.09 Å². The smallest absolute Gasteiger partial charge is 0.386 e. The lowest BCUT2D eigenvalue weighted by Gasteiger charge is -2.26. The van der Waals surface area contributed by atoms with Gasteiger partial charge in [-0.1, -0.05) is 0 Å². The Morgan fingerprint density at radius 3 is 2.47 bits per heavy atom. The summed E-state index contributed by atoms with van der Waals surface area (Å²) < 4.78 is 66.4. The molecule has 1 fully saturated rings. The number of phosphoric ester groups is 1. The van der Waals surface area contributed by atoms with Crippen molar-refractivity contribution in [2.45, 2.75) is 24.0 Å². The average Bonchev–Trinajstić information content (AvgIpc) is 2.83. The van der Waals surface area contributed by atoms with Gasteiger partial charge in [0.2, 0.25) is 5.60 Å². The number of nitrogen functional groups attached to an aromatic ring is 1. The summed E-state index contributed by atoms with van der Waals surface area (Å²) in [5.41, 5.74) is 1.33. The van der Waals surface area contributed by atoms with Crippen LogP contribution in [-0.2, 0) is 31.6 Å². The molecule has 17 nitrogen and oxygen atoms in total. The molecule has 3 unspecified atom stereocenters. The molecule has 32 heavy (non-hydrogen) atoms. The van der Waals surface area contributed by atoms with Gasteiger partial charge in [0.25, 0.3) is 0 Å². The number of nitrogens with two attached hydrogens (primary N) is 1. The normalized spacial score (nSPS) is 30.9. The van der Waals surface area contributed by atoms with E-state index in [-0.39, 0.29) is 5.82 Å². The minimum Gasteiger partial charge on any atom is -0.386 e. The third-order valence-corrected chi connectivity index (χ3v) is 7.20. The maximum atomic E-state index is 12.1. The zero-order chi connectivity index (χ0) is 26.3. The molecule has 1 aromatic heterocycles. The van der Waals surface area contributed by atoms with E-state index in [1.807, 2.05) is 5.92 Å². The molecule has 0 saturated carbocycles. The highest BCUT2D eigenvalue weighted by Gasteiger charge is 2.57. The fraction of sp³-hybridized carbons (Fsp3) is 0.455. The van der Waals surface area contributed by atoms with Crippen molar-refractivity contribution in [2.24, 2.45) is 0 Å². The molecule has 6 atom stereocenters. The van der Waals surface area contributed by atoms with Gasteiger partial charge < -0.3 is 40.3 Å². The number of phosphoric acid groups is 3. The van der Waals surface area contributed by atoms with Crippen LogP contribution in [-0.4, -0.2) is 63.7 Å². The molecule has 1 aromatic rings. The van der Waals surface area contributed by atoms with Crippen LogP contribution in [0, 0.1) is 11.3 Å². The van der Waals surface area contributed by atoms with Crippen LogP contribution in [0.4, 0.5) is 5.82 Å². The van der Waals surface area contributed by atoms with E-state index in [4.69, 9.17) is 34.6 Å². The highest BCUT2D eigenvalue weighted by Crippen LogP contribution is 2.66. The summed E-state index contributed by atoms with van der Waals surface area (Å²) in [5, 5.41) is 23.0. The minimum atomic E-state index is -6.05. The van der Waals surface area contributed by atoms with Crippen molar-refractivity contribution < 1.29 is 64.1 Å². The largest absolute Gasteiger partial charge is 0.490 e. The van der Waals surface area contributed by atoms with Crippen molar-refractivity contribution in [1.29, 1.82) is 0 Å². The Labute approximate surface area is 185 Å². The first-order chi connectivity index (χ1) is 15.2. The molecule has 0 spiro atoms. The first-order valence-electron chi connectivity index (χ1n) is 8.61. The summed E-state index contributed by atoms with van der Waals surface area (Å²) in [6.45, 7) is -3.69. The Bertz CT molecular complexity index is 1210. The van der Waals surface area contributed by atoms with Crippen molar-refractivity contribution in [3.05, 3.63) is 22.7 Å². The van der Waals surface area contributed by atoms with Gasteiger partial charge in [0.15, 0.2) is 6.23 Å². The van der Waals surface area contributed by atoms with Gasteiger partial charge >= 0.3 is 29.2 Å². The number of aromatic nitrogens is 2. The van der Waals surface area contributed by atoms with Gasteiger partial charge in [0.05, 0.1) is 9.30 Å². The van der Waals surface area contributed by atoms with Crippen molar-refractivity contribution in [2.75, 3.05) is 12.3 Å². The molecule has 0 aliphatic carbocycles. The van der Waals surface area contributed by atoms with E-state index in [1.54, 1.807) is 5.38 Å². The summed E-state index contributed by atoms with van der Waals surface area (Å²) in [6.07, 6.45) is -6.09. The molecule has 1 saturated heterocycles. The molecule has 0 radical (unpaired) electrons. The van der Waals surface area contributed by atoms with Crippen molar-refractivity contribution in [3.8, 4) is 11.3 Å². The summed E-state index contributed by atoms with van der Waals surface area (Å²) in [5.74, 6) is 1.63. The predicted molar refractivity (Wildman–Crippen MR) is 101 cm³/mol. The lowest BCUT2D eigenvalue weighted by atomic mass is 9.95. The van der Waals surface area contributed by atoms with E-state index < -0.39 is 59.8 Å². The minimum absolute atomic E-state index is 0.258. The number of rotatable bonds is 8. The van der Waals surface area contributed by atoms with Crippen LogP contribution in [0.5, 0.6) is 0 Å². The molecule has 2 rings (SSSR count). The summed E-state index contributed by atoms with van der Waals surface area (Å²) in [6, 6.07) is 1.06. The van der Waals surface area contributed by atoms with E-state index in [0.717, 1.165) is 12.3 Å². The van der Waals surface area contributed by atoms with Gasteiger partial charge in [0, 0.05) is 11.6 Å². The molecule has 0 amide bonds. The Morgan fingerprint density at radius 1 is 1.31 bits per heavy atom. The third kappa shape index (κ3) is 6.67. The summed E-state index contributed by atoms with van der Waals surface area (Å²) in [7, 11) is -17.8. The highest BCUT2D eigenvalue weighted by molar-refractivity contribution is 7.66. The molecular weight excluding hydrogens is 527 g/mol. The first-order valence-corrected chi connectivity index (χ1v) is 12.5. The van der Waals surface area contributed by atoms with Crippen LogP contribution in [0.25, 0.3) is 0 Å². The second-order valence-corrected chi connectivity index (χ2v) is 10.3. The lowest BCUT2D eigenvalue weighted by Crippen LogP contribution is -2.47. The third-order valence-electron chi connectivity index (χ3n) is 3.44. The van der Waals surface area contributed by atoms with Gasteiger partial charge in [-0.05, 0) is 23.6 Å². The quantitative estimate of drug-likeness (QED) is 0.143. The topological polar surface area (TPSA) is 270 Å². The molecular formula is C11H15ClN3O14P3. The van der Waals surface area contributed by atoms with Crippen molar-refractivity contribution in [3.63, 3.8) is 0 Å². The summed E-state index contributed by atoms with van der Waals surface area (Å²) in [4.78, 5) is 51.3. The van der Waals surface area contributed by atoms with Crippen LogP contribution >= 0.6 is 35.1 Å². The Balaban J connectivity index is 2.40. The molecule has 180 valence electrons. The fourth-order valence-electron chi connectivity index (χ4n) is 2.29. The van der Waals surface area contributed by atoms with Gasteiger partial charge in [-0.25, -0.2) is 18.5 Å². The van der Waals surface area contributed by atoms with E-state index in [2.05, 4.69) is 18.1 Å². The predicted octanol–water partition coefficient (Wildman–Crippen LogP) is -1.64. The number of anilines is 1. The average molecular weight is 544 g/mol. The molecule has 0 bridgehead atoms. The maximum absolute atomic E-state index is 12.1. The SMILES string of the molecule is [2H]C([2H])(OP(=O)(O)OP(=O)(O)OP(=O)(O)O)[C@H]1O[C@@H](n2ccc(N)nc2=O)C(O)(C#CCl)[C@H]1O. The number of halogens is 1. The molecule has 1 aliphatic heterocycles. The fourth-order valence-corrected chi connectivity index (χ4v) is 5.32. The second kappa shape index (κ2) is 9.59. The zero-order valence-electron chi connectivity index (χ0n) is 17.0. The number of hydrogen-bond donors (Lipinski definition) is 7. The standard InChI is InChI=1S/C11H15ClN3O14P3/c12-3-2-11(18)8(16)6(27-9(11)15-4-1-7(13)14-10(15)17)5-26-31(22,23)29-32(24,25)28-30(19,20)21/h1,4,6,8-9,16,18H,5H2,(H,22,23)(H,24,25)(H2,13,14,17)(H2,19,20,21)/t6-,8+,9-,11?/m1/s1/i5D2. The van der Waals surface area contributed by atoms with E-state index >= 15 is 0 Å². The van der Waals surface area contributed by atoms with Gasteiger partial charge in [-0.15, -0.1) is 0 Å². The van der Waals surface area contributed by atoms with E-state index in [9.17, 15) is 38.5 Å². The van der Waals surface area contributed by atoms with Crippen LogP contribution in [0.3, 0.4) is 0 Å². The summed E-state index contributed by atoms with van der Waals surface area (Å²) >= 11 is 5.27. The number of nitrogens with zero attached hydrogens (tertiary/aromatic N) is 2. The Kier molecular flexibility index (Phi) is 7.18. The molecule has 2 heterocycles. The molecule has 0 aromatic carbocycles. The zero-order valence-corrected chi connectivity index (χ0v) is 18.5. The maximum Gasteiger partial charge on any atom is 0.490 e. The number of aliphatic hydroxyl groups is 2. The van der Waals surface area contributed by atoms with Crippen LogP contribution in [0.1, 0.15) is 8.97 Å². The Hall–Kier alpha value is -1.18. The van der Waals surface area contributed by atoms with E-state index in [1.165, 1.54) is 0 Å². The second-order valence-electron chi connectivity index (χ2n) is 5.74. The number of ether oxygens (including phenoxy) is 1. The van der Waals surface area contributed by atoms with Crippen LogP contribution in [0.15, 0.2) is 17.1 Å². The molecule has 21 heteroatoms. The highest BCUT2D eigenvalue weighted by atomic mass is 35.5. The lowest BCUT2D eigenvalue weighted by molar-refractivity contribution is -0.0760. The molecule has 8 N–H and O–H groups in total. The Morgan fingerprint density at radius 2 is 1.94 bits per heavy atom. The van der Waals surface area contributed by atoms with Crippen LogP contribution < -0.4 is 11.4 Å². The number of hydrogen-bond acceptors (Lipinski definition) is 12. The van der Waals surface area contributed by atoms with Gasteiger partial charge in [0.1, 0.15) is 18.0 Å². The van der Waals surface area contributed by atoms with Crippen molar-refractivity contribution in [1.82, 2.24) is 9.55 Å².